The van der Waals surface area contributed by atoms with Crippen LogP contribution in [0, 0.1) is 10.8 Å². The summed E-state index contributed by atoms with van der Waals surface area (Å²) in [6.07, 6.45) is 14.2. The highest BCUT2D eigenvalue weighted by atomic mass is 16.1. The lowest BCUT2D eigenvalue weighted by Crippen LogP contribution is -2.44. The maximum Gasteiger partial charge on any atom is 0.126 e. The molecule has 0 aromatic rings. The molecule has 1 heteroatoms. The Morgan fingerprint density at radius 2 is 1.27 bits per heavy atom. The first-order chi connectivity index (χ1) is 7.22. The Balaban J connectivity index is 2.18. The Morgan fingerprint density at radius 3 is 1.73 bits per heavy atom. The van der Waals surface area contributed by atoms with Gasteiger partial charge in [-0.15, -0.1) is 0 Å². The summed E-state index contributed by atoms with van der Waals surface area (Å²) in [5.74, 6) is 0. The molecule has 0 N–H and O–H groups in total. The number of aldehydes is 1. The van der Waals surface area contributed by atoms with Crippen molar-refractivity contribution in [2.75, 3.05) is 0 Å². The first-order valence-electron chi connectivity index (χ1n) is 6.69. The maximum absolute atomic E-state index is 11.6. The van der Waals surface area contributed by atoms with Crippen molar-refractivity contribution in [3.8, 4) is 0 Å². The second-order valence-electron chi connectivity index (χ2n) is 5.96. The van der Waals surface area contributed by atoms with Gasteiger partial charge in [-0.25, -0.2) is 0 Å². The minimum absolute atomic E-state index is 0.0473. The van der Waals surface area contributed by atoms with Gasteiger partial charge in [0.1, 0.15) is 6.29 Å². The van der Waals surface area contributed by atoms with Crippen molar-refractivity contribution < 1.29 is 4.79 Å². The van der Waals surface area contributed by atoms with Crippen LogP contribution in [-0.4, -0.2) is 6.29 Å². The van der Waals surface area contributed by atoms with Crippen LogP contribution in [0.2, 0.25) is 0 Å². The Hall–Kier alpha value is -0.330. The van der Waals surface area contributed by atoms with E-state index in [1.54, 1.807) is 0 Å². The monoisotopic (exact) mass is 208 g/mol. The smallest absolute Gasteiger partial charge is 0.126 e. The summed E-state index contributed by atoms with van der Waals surface area (Å²) in [7, 11) is 0. The lowest BCUT2D eigenvalue weighted by Gasteiger charge is -2.50. The predicted octanol–water partition coefficient (Wildman–Crippen LogP) is 4.11. The summed E-state index contributed by atoms with van der Waals surface area (Å²) in [4.78, 5) is 11.6. The normalized spacial score (nSPS) is 29.7. The Kier molecular flexibility index (Phi) is 3.18. The standard InChI is InChI=1S/C14H24O/c1-13(8-4-2-5-9-13)14(12-15)10-6-3-7-11-14/h12H,2-11H2,1H3. The lowest BCUT2D eigenvalue weighted by molar-refractivity contribution is -0.129. The van der Waals surface area contributed by atoms with Crippen LogP contribution in [0.3, 0.4) is 0 Å². The Bertz CT molecular complexity index is 219. The maximum atomic E-state index is 11.6. The second kappa shape index (κ2) is 4.27. The van der Waals surface area contributed by atoms with E-state index in [4.69, 9.17) is 0 Å². The van der Waals surface area contributed by atoms with Crippen LogP contribution in [0.4, 0.5) is 0 Å². The molecule has 2 aliphatic rings. The molecule has 0 aliphatic heterocycles. The number of carbonyl (C=O) groups excluding carboxylic acids is 1. The summed E-state index contributed by atoms with van der Waals surface area (Å²) in [5, 5.41) is 0. The third-order valence-electron chi connectivity index (χ3n) is 5.13. The highest BCUT2D eigenvalue weighted by Crippen LogP contribution is 2.55. The van der Waals surface area contributed by atoms with Crippen LogP contribution in [0.5, 0.6) is 0 Å². The number of hydrogen-bond donors (Lipinski definition) is 0. The molecule has 0 atom stereocenters. The fourth-order valence-corrected chi connectivity index (χ4v) is 3.88. The number of rotatable bonds is 2. The molecule has 0 aromatic carbocycles. The highest BCUT2D eigenvalue weighted by Gasteiger charge is 2.48. The quantitative estimate of drug-likeness (QED) is 0.624. The summed E-state index contributed by atoms with van der Waals surface area (Å²) in [6.45, 7) is 2.38. The summed E-state index contributed by atoms with van der Waals surface area (Å²) in [6, 6.07) is 0. The zero-order valence-corrected chi connectivity index (χ0v) is 10.1. The van der Waals surface area contributed by atoms with E-state index in [2.05, 4.69) is 6.92 Å². The topological polar surface area (TPSA) is 17.1 Å². The summed E-state index contributed by atoms with van der Waals surface area (Å²) in [5.41, 5.74) is 0.374. The van der Waals surface area contributed by atoms with Crippen LogP contribution in [0.15, 0.2) is 0 Å². The molecule has 0 radical (unpaired) electrons. The fraction of sp³-hybridized carbons (Fsp3) is 0.929. The van der Waals surface area contributed by atoms with Gasteiger partial charge in [-0.3, -0.25) is 0 Å². The molecule has 0 bridgehead atoms. The van der Waals surface area contributed by atoms with Crippen molar-refractivity contribution in [1.29, 1.82) is 0 Å². The molecule has 2 saturated carbocycles. The summed E-state index contributed by atoms with van der Waals surface area (Å²) < 4.78 is 0. The van der Waals surface area contributed by atoms with E-state index in [1.165, 1.54) is 57.7 Å². The molecule has 0 saturated heterocycles. The Morgan fingerprint density at radius 1 is 0.800 bits per heavy atom. The van der Waals surface area contributed by atoms with Crippen LogP contribution in [0.25, 0.3) is 0 Å². The largest absolute Gasteiger partial charge is 0.303 e. The van der Waals surface area contributed by atoms with Crippen LogP contribution >= 0.6 is 0 Å². The van der Waals surface area contributed by atoms with E-state index in [0.717, 1.165) is 12.8 Å². The molecule has 15 heavy (non-hydrogen) atoms. The zero-order valence-electron chi connectivity index (χ0n) is 10.1. The van der Waals surface area contributed by atoms with Crippen LogP contribution in [-0.2, 0) is 4.79 Å². The van der Waals surface area contributed by atoms with Gasteiger partial charge in [-0.05, 0) is 31.1 Å². The molecule has 0 heterocycles. The number of hydrogen-bond acceptors (Lipinski definition) is 1. The van der Waals surface area contributed by atoms with E-state index in [-0.39, 0.29) is 5.41 Å². The van der Waals surface area contributed by atoms with Gasteiger partial charge >= 0.3 is 0 Å². The second-order valence-corrected chi connectivity index (χ2v) is 5.96. The zero-order chi connectivity index (χ0) is 10.8. The molecule has 2 fully saturated rings. The van der Waals surface area contributed by atoms with Crippen molar-refractivity contribution in [2.45, 2.75) is 71.1 Å². The third-order valence-corrected chi connectivity index (χ3v) is 5.13. The SMILES string of the molecule is CC1(C2(C=O)CCCCC2)CCCCC1. The van der Waals surface area contributed by atoms with E-state index in [0.29, 0.717) is 5.41 Å². The first-order valence-corrected chi connectivity index (χ1v) is 6.69. The minimum Gasteiger partial charge on any atom is -0.303 e. The average Bonchev–Trinajstić information content (AvgIpc) is 2.31. The van der Waals surface area contributed by atoms with Crippen molar-refractivity contribution in [3.63, 3.8) is 0 Å². The van der Waals surface area contributed by atoms with E-state index in [1.807, 2.05) is 0 Å². The number of carbonyl (C=O) groups is 1. The van der Waals surface area contributed by atoms with Gasteiger partial charge in [0.05, 0.1) is 0 Å². The van der Waals surface area contributed by atoms with Gasteiger partial charge in [-0.1, -0.05) is 45.4 Å². The molecule has 0 unspecified atom stereocenters. The van der Waals surface area contributed by atoms with E-state index < -0.39 is 0 Å². The van der Waals surface area contributed by atoms with Crippen molar-refractivity contribution >= 4 is 6.29 Å². The highest BCUT2D eigenvalue weighted by molar-refractivity contribution is 5.61. The molecule has 2 rings (SSSR count). The van der Waals surface area contributed by atoms with Crippen molar-refractivity contribution in [1.82, 2.24) is 0 Å². The van der Waals surface area contributed by atoms with Gasteiger partial charge in [0.15, 0.2) is 0 Å². The van der Waals surface area contributed by atoms with E-state index >= 15 is 0 Å². The van der Waals surface area contributed by atoms with E-state index in [9.17, 15) is 4.79 Å². The van der Waals surface area contributed by atoms with Gasteiger partial charge in [0.2, 0.25) is 0 Å². The van der Waals surface area contributed by atoms with Gasteiger partial charge in [-0.2, -0.15) is 0 Å². The molecule has 2 aliphatic carbocycles. The predicted molar refractivity (Wildman–Crippen MR) is 62.8 cm³/mol. The molecule has 0 amide bonds. The molecular weight excluding hydrogens is 184 g/mol. The van der Waals surface area contributed by atoms with Crippen molar-refractivity contribution in [2.24, 2.45) is 10.8 Å². The molecular formula is C14H24O. The third kappa shape index (κ3) is 1.86. The molecule has 0 aromatic heterocycles. The van der Waals surface area contributed by atoms with Gasteiger partial charge < -0.3 is 4.79 Å². The minimum atomic E-state index is 0.0473. The van der Waals surface area contributed by atoms with Crippen LogP contribution < -0.4 is 0 Å². The van der Waals surface area contributed by atoms with Gasteiger partial charge in [0, 0.05) is 5.41 Å². The molecule has 86 valence electrons. The molecule has 0 spiro atoms. The molecule has 1 nitrogen and oxygen atoms in total. The van der Waals surface area contributed by atoms with Gasteiger partial charge in [0.25, 0.3) is 0 Å². The fourth-order valence-electron chi connectivity index (χ4n) is 3.88. The lowest BCUT2D eigenvalue weighted by atomic mass is 9.54. The Labute approximate surface area is 93.6 Å². The van der Waals surface area contributed by atoms with Crippen LogP contribution in [0.1, 0.15) is 71.1 Å². The summed E-state index contributed by atoms with van der Waals surface area (Å²) >= 11 is 0. The van der Waals surface area contributed by atoms with Crippen molar-refractivity contribution in [3.05, 3.63) is 0 Å². The average molecular weight is 208 g/mol. The first kappa shape index (κ1) is 11.2.